The number of ether oxygens (including phenoxy) is 3. The average Bonchev–Trinajstić information content (AvgIpc) is 3.26. The molecule has 2 aliphatic rings. The van der Waals surface area contributed by atoms with Crippen LogP contribution in [0.25, 0.3) is 5.57 Å². The van der Waals surface area contributed by atoms with Gasteiger partial charge in [-0.1, -0.05) is 36.4 Å². The molecule has 1 aliphatic carbocycles. The molecule has 0 radical (unpaired) electrons. The van der Waals surface area contributed by atoms with Gasteiger partial charge in [-0.3, -0.25) is 4.90 Å². The summed E-state index contributed by atoms with van der Waals surface area (Å²) in [5.41, 5.74) is 2.72. The molecule has 2 aromatic carbocycles. The highest BCUT2D eigenvalue weighted by Gasteiger charge is 2.42. The van der Waals surface area contributed by atoms with Crippen LogP contribution in [0.4, 0.5) is 13.2 Å². The van der Waals surface area contributed by atoms with Crippen LogP contribution in [0.5, 0.6) is 5.75 Å². The molecule has 0 fully saturated rings. The van der Waals surface area contributed by atoms with Gasteiger partial charge in [-0.05, 0) is 75.7 Å². The zero-order valence-corrected chi connectivity index (χ0v) is 24.4. The van der Waals surface area contributed by atoms with Crippen LogP contribution in [-0.4, -0.2) is 55.6 Å². The van der Waals surface area contributed by atoms with Crippen LogP contribution in [0.1, 0.15) is 69.7 Å². The van der Waals surface area contributed by atoms with E-state index in [1.54, 1.807) is 6.92 Å². The van der Waals surface area contributed by atoms with E-state index >= 15 is 8.78 Å². The summed E-state index contributed by atoms with van der Waals surface area (Å²) in [6.07, 6.45) is 6.23. The molecule has 0 bridgehead atoms. The quantitative estimate of drug-likeness (QED) is 0.145. The number of hydrogen-bond acceptors (Lipinski definition) is 5. The number of nitrogens with zero attached hydrogens (tertiary/aromatic N) is 1. The van der Waals surface area contributed by atoms with Crippen molar-refractivity contribution >= 4 is 11.5 Å². The van der Waals surface area contributed by atoms with Gasteiger partial charge in [0.2, 0.25) is 0 Å². The molecule has 2 aromatic rings. The van der Waals surface area contributed by atoms with Crippen molar-refractivity contribution < 1.29 is 32.2 Å². The Morgan fingerprint density at radius 1 is 1.10 bits per heavy atom. The molecule has 0 saturated heterocycles. The monoisotopic (exact) mass is 571 g/mol. The largest absolute Gasteiger partial charge is 0.493 e. The summed E-state index contributed by atoms with van der Waals surface area (Å²) in [7, 11) is 0. The second-order valence-corrected chi connectivity index (χ2v) is 11.2. The first-order valence-corrected chi connectivity index (χ1v) is 14.3. The van der Waals surface area contributed by atoms with Crippen LogP contribution in [0.3, 0.4) is 0 Å². The van der Waals surface area contributed by atoms with Crippen molar-refractivity contribution in [2.45, 2.75) is 71.1 Å². The second-order valence-electron chi connectivity index (χ2n) is 11.2. The number of hydrogen-bond donors (Lipinski definition) is 0. The zero-order chi connectivity index (χ0) is 29.6. The third kappa shape index (κ3) is 7.80. The van der Waals surface area contributed by atoms with Gasteiger partial charge in [-0.15, -0.1) is 0 Å². The predicted molar refractivity (Wildman–Crippen MR) is 153 cm³/mol. The summed E-state index contributed by atoms with van der Waals surface area (Å²) in [5.74, 6) is -1.67. The van der Waals surface area contributed by atoms with E-state index in [4.69, 9.17) is 14.2 Å². The molecule has 0 N–H and O–H groups in total. The summed E-state index contributed by atoms with van der Waals surface area (Å²) in [4.78, 5) is 13.1. The Morgan fingerprint density at radius 2 is 1.78 bits per heavy atom. The van der Waals surface area contributed by atoms with E-state index in [0.29, 0.717) is 38.9 Å². The van der Waals surface area contributed by atoms with Crippen LogP contribution < -0.4 is 4.74 Å². The lowest BCUT2D eigenvalue weighted by atomic mass is 9.84. The molecule has 0 unspecified atom stereocenters. The van der Waals surface area contributed by atoms with Gasteiger partial charge in [0, 0.05) is 30.3 Å². The summed E-state index contributed by atoms with van der Waals surface area (Å²) in [5, 5.41) is 0. The molecule has 222 valence electrons. The number of esters is 1. The zero-order valence-electron chi connectivity index (χ0n) is 24.4. The van der Waals surface area contributed by atoms with Gasteiger partial charge in [-0.25, -0.2) is 18.0 Å². The average molecular weight is 572 g/mol. The number of halogens is 3. The van der Waals surface area contributed by atoms with E-state index in [-0.39, 0.29) is 37.1 Å². The Balaban J connectivity index is 1.44. The standard InChI is InChI=1S/C33H40F3NO4/c1-5-40-30(38)20-39-14-10-6-7-11-15-41-24-18-28(34)31(29(35)19-24)32-27-17-23-12-8-9-13-25(23)26(27)16-22(2)37(32)21-33(3,4)36/h6-9,12-13,18-19,22,32H,5,10-11,14-17,20-21H2,1-4H3/b7-6+/t22-,32+/m1/s1. The molecule has 0 saturated carbocycles. The molecular formula is C33H40F3NO4. The van der Waals surface area contributed by atoms with Gasteiger partial charge in [-0.2, -0.15) is 0 Å². The fraction of sp³-hybridized carbons (Fsp3) is 0.485. The van der Waals surface area contributed by atoms with Crippen molar-refractivity contribution in [3.63, 3.8) is 0 Å². The molecule has 4 rings (SSSR count). The van der Waals surface area contributed by atoms with Crippen molar-refractivity contribution in [3.8, 4) is 5.75 Å². The molecule has 0 aromatic heterocycles. The van der Waals surface area contributed by atoms with Gasteiger partial charge in [0.1, 0.15) is 29.7 Å². The third-order valence-corrected chi connectivity index (χ3v) is 7.40. The fourth-order valence-corrected chi connectivity index (χ4v) is 5.74. The van der Waals surface area contributed by atoms with Gasteiger partial charge in [0.15, 0.2) is 0 Å². The van der Waals surface area contributed by atoms with E-state index < -0.39 is 29.3 Å². The van der Waals surface area contributed by atoms with Crippen molar-refractivity contribution in [3.05, 3.63) is 82.4 Å². The topological polar surface area (TPSA) is 48.0 Å². The van der Waals surface area contributed by atoms with E-state index in [9.17, 15) is 9.18 Å². The molecule has 1 aliphatic heterocycles. The highest BCUT2D eigenvalue weighted by molar-refractivity contribution is 5.79. The lowest BCUT2D eigenvalue weighted by Gasteiger charge is -2.44. The molecule has 2 atom stereocenters. The second kappa shape index (κ2) is 13.7. The van der Waals surface area contributed by atoms with Gasteiger partial charge in [0.25, 0.3) is 0 Å². The number of fused-ring (bicyclic) bond motifs is 2. The lowest BCUT2D eigenvalue weighted by molar-refractivity contribution is -0.148. The summed E-state index contributed by atoms with van der Waals surface area (Å²) >= 11 is 0. The third-order valence-electron chi connectivity index (χ3n) is 7.40. The number of rotatable bonds is 13. The van der Waals surface area contributed by atoms with E-state index in [0.717, 1.165) is 22.3 Å². The minimum absolute atomic E-state index is 0.0588. The minimum atomic E-state index is -1.54. The maximum absolute atomic E-state index is 15.7. The molecule has 0 amide bonds. The first kappa shape index (κ1) is 30.8. The van der Waals surface area contributed by atoms with Gasteiger partial charge in [0.05, 0.1) is 25.9 Å². The Labute approximate surface area is 241 Å². The maximum atomic E-state index is 15.7. The number of carbonyl (C=O) groups is 1. The Morgan fingerprint density at radius 3 is 2.46 bits per heavy atom. The number of benzene rings is 2. The van der Waals surface area contributed by atoms with Crippen LogP contribution in [0.2, 0.25) is 0 Å². The van der Waals surface area contributed by atoms with Crippen LogP contribution >= 0.6 is 0 Å². The fourth-order valence-electron chi connectivity index (χ4n) is 5.74. The van der Waals surface area contributed by atoms with Gasteiger partial charge < -0.3 is 14.2 Å². The first-order valence-electron chi connectivity index (χ1n) is 14.3. The predicted octanol–water partition coefficient (Wildman–Crippen LogP) is 7.15. The molecule has 8 heteroatoms. The van der Waals surface area contributed by atoms with Gasteiger partial charge >= 0.3 is 5.97 Å². The summed E-state index contributed by atoms with van der Waals surface area (Å²) < 4.78 is 62.1. The Hall–Kier alpha value is -3.10. The Bertz CT molecular complexity index is 1260. The van der Waals surface area contributed by atoms with Crippen molar-refractivity contribution in [1.82, 2.24) is 4.90 Å². The lowest BCUT2D eigenvalue weighted by Crippen LogP contribution is -2.47. The van der Waals surface area contributed by atoms with Crippen molar-refractivity contribution in [2.24, 2.45) is 0 Å². The smallest absolute Gasteiger partial charge is 0.332 e. The molecular weight excluding hydrogens is 531 g/mol. The highest BCUT2D eigenvalue weighted by atomic mass is 19.1. The van der Waals surface area contributed by atoms with Crippen LogP contribution in [0, 0.1) is 11.6 Å². The minimum Gasteiger partial charge on any atom is -0.493 e. The van der Waals surface area contributed by atoms with E-state index in [2.05, 4.69) is 6.07 Å². The summed E-state index contributed by atoms with van der Waals surface area (Å²) in [6, 6.07) is 9.71. The highest BCUT2D eigenvalue weighted by Crippen LogP contribution is 2.50. The summed E-state index contributed by atoms with van der Waals surface area (Å²) in [6.45, 7) is 7.66. The Kier molecular flexibility index (Phi) is 10.3. The first-order chi connectivity index (χ1) is 19.6. The van der Waals surface area contributed by atoms with E-state index in [1.165, 1.54) is 26.0 Å². The normalized spacial score (nSPS) is 19.0. The van der Waals surface area contributed by atoms with E-state index in [1.807, 2.05) is 42.2 Å². The maximum Gasteiger partial charge on any atom is 0.332 e. The number of alkyl halides is 1. The molecule has 0 spiro atoms. The van der Waals surface area contributed by atoms with Crippen LogP contribution in [-0.2, 0) is 20.7 Å². The van der Waals surface area contributed by atoms with Crippen molar-refractivity contribution in [2.75, 3.05) is 33.0 Å². The van der Waals surface area contributed by atoms with Crippen molar-refractivity contribution in [1.29, 1.82) is 0 Å². The van der Waals surface area contributed by atoms with Crippen LogP contribution in [0.15, 0.2) is 54.1 Å². The molecule has 41 heavy (non-hydrogen) atoms. The molecule has 5 nitrogen and oxygen atoms in total. The number of carbonyl (C=O) groups excluding carboxylic acids is 1. The SMILES string of the molecule is CCOC(=O)COCC/C=C/CCOc1cc(F)c([C@@H]2C3=C(C[C@@H](C)N2CC(C)(C)F)c2ccccc2C3)c(F)c1. The molecule has 1 heterocycles.